The number of nitrogens with zero attached hydrogens (tertiary/aromatic N) is 1. The number of amides is 2. The Kier molecular flexibility index (Phi) is 7.33. The van der Waals surface area contributed by atoms with Crippen molar-refractivity contribution in [1.82, 2.24) is 0 Å². The first-order valence-electron chi connectivity index (χ1n) is 9.32. The van der Waals surface area contributed by atoms with Crippen LogP contribution in [-0.4, -0.2) is 37.5 Å². The highest BCUT2D eigenvalue weighted by atomic mass is 79.9. The van der Waals surface area contributed by atoms with Crippen LogP contribution in [0.15, 0.2) is 46.9 Å². The van der Waals surface area contributed by atoms with Crippen LogP contribution >= 0.6 is 27.5 Å². The maximum atomic E-state index is 12.3. The van der Waals surface area contributed by atoms with Gasteiger partial charge in [-0.1, -0.05) is 11.6 Å². The van der Waals surface area contributed by atoms with Gasteiger partial charge in [0.15, 0.2) is 6.61 Å². The van der Waals surface area contributed by atoms with Gasteiger partial charge >= 0.3 is 5.97 Å². The fraction of sp³-hybridized carbons (Fsp3) is 0.286. The van der Waals surface area contributed by atoms with Crippen molar-refractivity contribution in [2.45, 2.75) is 13.3 Å². The number of esters is 1. The van der Waals surface area contributed by atoms with E-state index in [0.29, 0.717) is 33.2 Å². The zero-order chi connectivity index (χ0) is 21.7. The van der Waals surface area contributed by atoms with E-state index in [4.69, 9.17) is 21.1 Å². The number of nitrogens with one attached hydrogen (secondary N) is 1. The lowest BCUT2D eigenvalue weighted by atomic mass is 10.1. The summed E-state index contributed by atoms with van der Waals surface area (Å²) in [6.07, 6.45) is 0.0377. The van der Waals surface area contributed by atoms with Gasteiger partial charge in [0.1, 0.15) is 5.75 Å². The third-order valence-corrected chi connectivity index (χ3v) is 5.70. The Morgan fingerprint density at radius 1 is 1.23 bits per heavy atom. The zero-order valence-electron chi connectivity index (χ0n) is 16.2. The van der Waals surface area contributed by atoms with Crippen molar-refractivity contribution < 1.29 is 23.9 Å². The zero-order valence-corrected chi connectivity index (χ0v) is 18.5. The van der Waals surface area contributed by atoms with E-state index in [1.165, 1.54) is 4.90 Å². The second kappa shape index (κ2) is 9.95. The number of carbonyl (C=O) groups excluding carboxylic acids is 3. The Hall–Kier alpha value is -2.58. The van der Waals surface area contributed by atoms with E-state index in [1.54, 1.807) is 42.5 Å². The molecule has 0 saturated carbocycles. The molecule has 2 amide bonds. The molecule has 158 valence electrons. The van der Waals surface area contributed by atoms with Crippen molar-refractivity contribution in [1.29, 1.82) is 0 Å². The number of hydrogen-bond acceptors (Lipinski definition) is 5. The van der Waals surface area contributed by atoms with Gasteiger partial charge in [-0.05, 0) is 65.3 Å². The lowest BCUT2D eigenvalue weighted by Crippen LogP contribution is -2.28. The first kappa shape index (κ1) is 22.1. The summed E-state index contributed by atoms with van der Waals surface area (Å²) in [6, 6.07) is 12.0. The summed E-state index contributed by atoms with van der Waals surface area (Å²) >= 11 is 9.25. The predicted octanol–water partition coefficient (Wildman–Crippen LogP) is 4.04. The topological polar surface area (TPSA) is 84.9 Å². The van der Waals surface area contributed by atoms with Gasteiger partial charge in [0.2, 0.25) is 5.91 Å². The molecule has 0 aliphatic carbocycles. The van der Waals surface area contributed by atoms with E-state index in [0.717, 1.165) is 0 Å². The number of halogens is 2. The molecule has 1 heterocycles. The Balaban J connectivity index is 1.51. The number of ether oxygens (including phenoxy) is 2. The monoisotopic (exact) mass is 494 g/mol. The fourth-order valence-electron chi connectivity index (χ4n) is 3.03. The molecule has 30 heavy (non-hydrogen) atoms. The van der Waals surface area contributed by atoms with Crippen LogP contribution in [0.25, 0.3) is 0 Å². The van der Waals surface area contributed by atoms with E-state index in [2.05, 4.69) is 21.2 Å². The molecule has 1 atom stereocenters. The minimum Gasteiger partial charge on any atom is -0.494 e. The SMILES string of the molecule is CCOc1ccc(N2C[C@H](C(=O)OCC(=O)Nc3ccc(Br)c(Cl)c3)CC2=O)cc1. The largest absolute Gasteiger partial charge is 0.494 e. The molecule has 1 N–H and O–H groups in total. The van der Waals surface area contributed by atoms with Gasteiger partial charge in [-0.3, -0.25) is 14.4 Å². The lowest BCUT2D eigenvalue weighted by molar-refractivity contribution is -0.151. The second-order valence-electron chi connectivity index (χ2n) is 6.62. The number of rotatable bonds is 7. The van der Waals surface area contributed by atoms with Crippen molar-refractivity contribution in [2.24, 2.45) is 5.92 Å². The molecule has 0 aromatic heterocycles. The summed E-state index contributed by atoms with van der Waals surface area (Å²) in [6.45, 7) is 2.20. The molecule has 1 aliphatic heterocycles. The van der Waals surface area contributed by atoms with Crippen molar-refractivity contribution in [3.8, 4) is 5.75 Å². The first-order chi connectivity index (χ1) is 14.4. The summed E-state index contributed by atoms with van der Waals surface area (Å²) in [5.41, 5.74) is 1.17. The van der Waals surface area contributed by atoms with Gasteiger partial charge in [-0.2, -0.15) is 0 Å². The first-order valence-corrected chi connectivity index (χ1v) is 10.5. The third kappa shape index (κ3) is 5.52. The second-order valence-corrected chi connectivity index (χ2v) is 7.88. The highest BCUT2D eigenvalue weighted by Crippen LogP contribution is 2.28. The molecule has 0 spiro atoms. The predicted molar refractivity (Wildman–Crippen MR) is 117 cm³/mol. The van der Waals surface area contributed by atoms with Crippen LogP contribution in [0.5, 0.6) is 5.75 Å². The molecule has 9 heteroatoms. The van der Waals surface area contributed by atoms with Crippen LogP contribution in [0.2, 0.25) is 5.02 Å². The highest BCUT2D eigenvalue weighted by Gasteiger charge is 2.36. The number of benzene rings is 2. The molecule has 2 aromatic carbocycles. The van der Waals surface area contributed by atoms with Crippen molar-refractivity contribution in [2.75, 3.05) is 30.0 Å². The third-order valence-electron chi connectivity index (χ3n) is 4.47. The summed E-state index contributed by atoms with van der Waals surface area (Å²) in [5.74, 6) is -1.16. The maximum Gasteiger partial charge on any atom is 0.311 e. The van der Waals surface area contributed by atoms with Gasteiger partial charge in [-0.25, -0.2) is 0 Å². The summed E-state index contributed by atoms with van der Waals surface area (Å²) < 4.78 is 11.2. The number of hydrogen-bond donors (Lipinski definition) is 1. The molecule has 0 radical (unpaired) electrons. The van der Waals surface area contributed by atoms with E-state index in [1.807, 2.05) is 6.92 Å². The van der Waals surface area contributed by atoms with Crippen LogP contribution in [-0.2, 0) is 19.1 Å². The lowest BCUT2D eigenvalue weighted by Gasteiger charge is -2.17. The summed E-state index contributed by atoms with van der Waals surface area (Å²) in [4.78, 5) is 38.2. The van der Waals surface area contributed by atoms with Crippen LogP contribution in [0, 0.1) is 5.92 Å². The Labute approximate surface area is 187 Å². The molecule has 7 nitrogen and oxygen atoms in total. The van der Waals surface area contributed by atoms with Gasteiger partial charge in [0.25, 0.3) is 5.91 Å². The quantitative estimate of drug-likeness (QED) is 0.586. The molecule has 0 unspecified atom stereocenters. The summed E-state index contributed by atoms with van der Waals surface area (Å²) in [5, 5.41) is 3.05. The molecular formula is C21H20BrClN2O5. The Bertz CT molecular complexity index is 951. The van der Waals surface area contributed by atoms with E-state index >= 15 is 0 Å². The highest BCUT2D eigenvalue weighted by molar-refractivity contribution is 9.10. The van der Waals surface area contributed by atoms with Crippen LogP contribution in [0.1, 0.15) is 13.3 Å². The minimum absolute atomic E-state index is 0.0377. The normalized spacial score (nSPS) is 15.8. The smallest absolute Gasteiger partial charge is 0.311 e. The van der Waals surface area contributed by atoms with Crippen LogP contribution in [0.4, 0.5) is 11.4 Å². The van der Waals surface area contributed by atoms with Gasteiger partial charge < -0.3 is 19.7 Å². The van der Waals surface area contributed by atoms with Crippen molar-refractivity contribution in [3.63, 3.8) is 0 Å². The average molecular weight is 496 g/mol. The molecule has 1 aliphatic rings. The van der Waals surface area contributed by atoms with Gasteiger partial charge in [0, 0.05) is 28.8 Å². The molecule has 1 saturated heterocycles. The fourth-order valence-corrected chi connectivity index (χ4v) is 3.46. The number of carbonyl (C=O) groups is 3. The Morgan fingerprint density at radius 2 is 1.97 bits per heavy atom. The standard InChI is InChI=1S/C21H20BrClN2O5/c1-2-29-16-6-4-15(5-7-16)25-11-13(9-20(25)27)21(28)30-12-19(26)24-14-3-8-17(22)18(23)10-14/h3-8,10,13H,2,9,11-12H2,1H3,(H,24,26)/t13-/m1/s1. The van der Waals surface area contributed by atoms with E-state index in [-0.39, 0.29) is 18.9 Å². The van der Waals surface area contributed by atoms with Gasteiger partial charge in [-0.15, -0.1) is 0 Å². The number of anilines is 2. The molecule has 2 aromatic rings. The molecule has 1 fully saturated rings. The van der Waals surface area contributed by atoms with Gasteiger partial charge in [0.05, 0.1) is 17.5 Å². The van der Waals surface area contributed by atoms with E-state index < -0.39 is 24.4 Å². The summed E-state index contributed by atoms with van der Waals surface area (Å²) in [7, 11) is 0. The minimum atomic E-state index is -0.626. The molecule has 3 rings (SSSR count). The van der Waals surface area contributed by atoms with Crippen LogP contribution in [0.3, 0.4) is 0 Å². The molecular weight excluding hydrogens is 476 g/mol. The van der Waals surface area contributed by atoms with Crippen LogP contribution < -0.4 is 15.0 Å². The maximum absolute atomic E-state index is 12.3. The molecule has 0 bridgehead atoms. The Morgan fingerprint density at radius 3 is 2.63 bits per heavy atom. The van der Waals surface area contributed by atoms with Crippen molar-refractivity contribution in [3.05, 3.63) is 52.0 Å². The van der Waals surface area contributed by atoms with Crippen molar-refractivity contribution >= 4 is 56.7 Å². The van der Waals surface area contributed by atoms with E-state index in [9.17, 15) is 14.4 Å². The average Bonchev–Trinajstić information content (AvgIpc) is 3.11.